The van der Waals surface area contributed by atoms with Gasteiger partial charge in [-0.05, 0) is 44.2 Å². The second-order valence-electron chi connectivity index (χ2n) is 6.61. The highest BCUT2D eigenvalue weighted by molar-refractivity contribution is 7.89. The molecule has 164 valence electrons. The van der Waals surface area contributed by atoms with E-state index in [1.165, 1.54) is 37.4 Å². The van der Waals surface area contributed by atoms with Crippen LogP contribution in [0.15, 0.2) is 47.4 Å². The van der Waals surface area contributed by atoms with Crippen LogP contribution in [0.2, 0.25) is 0 Å². The third-order valence-corrected chi connectivity index (χ3v) is 5.44. The van der Waals surface area contributed by atoms with E-state index >= 15 is 0 Å². The van der Waals surface area contributed by atoms with Gasteiger partial charge in [-0.25, -0.2) is 13.1 Å². The number of methoxy groups -OCH3 is 1. The Balaban J connectivity index is 2.32. The van der Waals surface area contributed by atoms with Crippen molar-refractivity contribution in [3.8, 4) is 5.75 Å². The summed E-state index contributed by atoms with van der Waals surface area (Å²) in [5.74, 6) is -0.646. The first-order chi connectivity index (χ1) is 13.9. The summed E-state index contributed by atoms with van der Waals surface area (Å²) in [5, 5.41) is 4.72. The normalized spacial score (nSPS) is 12.0. The maximum absolute atomic E-state index is 12.7. The molecule has 0 aliphatic rings. The number of carbonyl (C=O) groups excluding carboxylic acids is 1. The Morgan fingerprint density at radius 1 is 1.10 bits per heavy atom. The average Bonchev–Trinajstić information content (AvgIpc) is 2.65. The maximum atomic E-state index is 12.7. The second-order valence-corrected chi connectivity index (χ2v) is 8.29. The molecule has 2 aromatic rings. The Labute approximate surface area is 172 Å². The van der Waals surface area contributed by atoms with E-state index in [4.69, 9.17) is 4.74 Å². The van der Waals surface area contributed by atoms with Gasteiger partial charge in [0.1, 0.15) is 17.2 Å². The Hall–Kier alpha value is -2.79. The molecule has 0 aromatic heterocycles. The van der Waals surface area contributed by atoms with E-state index in [0.29, 0.717) is 0 Å². The molecule has 0 fully saturated rings. The monoisotopic (exact) mass is 445 g/mol. The topological polar surface area (TPSA) is 96.5 Å². The van der Waals surface area contributed by atoms with E-state index in [0.717, 1.165) is 6.07 Å². The molecular formula is C19H22F3N3O4S. The van der Waals surface area contributed by atoms with Crippen LogP contribution in [0.25, 0.3) is 0 Å². The number of rotatable bonds is 8. The first-order valence-corrected chi connectivity index (χ1v) is 10.3. The smallest absolute Gasteiger partial charge is 0.405 e. The summed E-state index contributed by atoms with van der Waals surface area (Å²) in [5.41, 5.74) is 0.184. The number of sulfonamides is 1. The van der Waals surface area contributed by atoms with Crippen molar-refractivity contribution >= 4 is 27.3 Å². The quantitative estimate of drug-likeness (QED) is 0.577. The van der Waals surface area contributed by atoms with Crippen molar-refractivity contribution in [2.24, 2.45) is 0 Å². The third kappa shape index (κ3) is 6.36. The number of para-hydroxylation sites is 2. The van der Waals surface area contributed by atoms with Gasteiger partial charge in [-0.1, -0.05) is 12.1 Å². The molecule has 2 rings (SSSR count). The van der Waals surface area contributed by atoms with E-state index in [1.54, 1.807) is 19.9 Å². The Kier molecular flexibility index (Phi) is 7.32. The zero-order valence-electron chi connectivity index (χ0n) is 16.5. The van der Waals surface area contributed by atoms with Gasteiger partial charge in [0.15, 0.2) is 0 Å². The maximum Gasteiger partial charge on any atom is 0.405 e. The molecular weight excluding hydrogens is 423 g/mol. The van der Waals surface area contributed by atoms with Gasteiger partial charge in [0.25, 0.3) is 5.91 Å². The Bertz CT molecular complexity index is 1010. The molecule has 7 nitrogen and oxygen atoms in total. The van der Waals surface area contributed by atoms with E-state index in [9.17, 15) is 26.4 Å². The SMILES string of the molecule is COc1ccc(C(=O)Nc2ccccc2NCC(F)(F)F)cc1S(=O)(=O)NC(C)C. The van der Waals surface area contributed by atoms with Gasteiger partial charge in [-0.2, -0.15) is 13.2 Å². The number of anilines is 2. The molecule has 0 atom stereocenters. The van der Waals surface area contributed by atoms with Crippen molar-refractivity contribution in [3.05, 3.63) is 48.0 Å². The number of amides is 1. The zero-order chi connectivity index (χ0) is 22.5. The van der Waals surface area contributed by atoms with Crippen LogP contribution in [0.3, 0.4) is 0 Å². The average molecular weight is 445 g/mol. The van der Waals surface area contributed by atoms with Crippen molar-refractivity contribution < 1.29 is 31.1 Å². The number of carbonyl (C=O) groups is 1. The van der Waals surface area contributed by atoms with Gasteiger partial charge >= 0.3 is 6.18 Å². The molecule has 0 saturated heterocycles. The summed E-state index contributed by atoms with van der Waals surface area (Å²) in [7, 11) is -2.66. The lowest BCUT2D eigenvalue weighted by atomic mass is 10.2. The molecule has 30 heavy (non-hydrogen) atoms. The number of halogens is 3. The number of nitrogens with one attached hydrogen (secondary N) is 3. The van der Waals surface area contributed by atoms with Crippen molar-refractivity contribution in [1.82, 2.24) is 4.72 Å². The van der Waals surface area contributed by atoms with Crippen molar-refractivity contribution in [2.75, 3.05) is 24.3 Å². The van der Waals surface area contributed by atoms with Gasteiger partial charge in [0, 0.05) is 11.6 Å². The molecule has 0 saturated carbocycles. The first kappa shape index (κ1) is 23.5. The van der Waals surface area contributed by atoms with Gasteiger partial charge in [0.2, 0.25) is 10.0 Å². The highest BCUT2D eigenvalue weighted by Crippen LogP contribution is 2.27. The molecule has 0 heterocycles. The molecule has 0 spiro atoms. The van der Waals surface area contributed by atoms with Crippen LogP contribution < -0.4 is 20.1 Å². The van der Waals surface area contributed by atoms with Crippen LogP contribution in [0.1, 0.15) is 24.2 Å². The standard InChI is InChI=1S/C19H22F3N3O4S/c1-12(2)25-30(27,28)17-10-13(8-9-16(17)29-3)18(26)24-15-7-5-4-6-14(15)23-11-19(20,21)22/h4-10,12,23,25H,11H2,1-3H3,(H,24,26). The van der Waals surface area contributed by atoms with E-state index in [1.807, 2.05) is 0 Å². The highest BCUT2D eigenvalue weighted by atomic mass is 32.2. The summed E-state index contributed by atoms with van der Waals surface area (Å²) >= 11 is 0. The minimum atomic E-state index is -4.43. The molecule has 0 radical (unpaired) electrons. The lowest BCUT2D eigenvalue weighted by molar-refractivity contribution is -0.115. The van der Waals surface area contributed by atoms with Crippen LogP contribution in [0.4, 0.5) is 24.5 Å². The zero-order valence-corrected chi connectivity index (χ0v) is 17.3. The van der Waals surface area contributed by atoms with Gasteiger partial charge in [0.05, 0.1) is 18.5 Å². The van der Waals surface area contributed by atoms with Crippen LogP contribution in [-0.2, 0) is 10.0 Å². The first-order valence-electron chi connectivity index (χ1n) is 8.84. The summed E-state index contributed by atoms with van der Waals surface area (Å²) < 4.78 is 70.1. The molecule has 0 aliphatic heterocycles. The molecule has 3 N–H and O–H groups in total. The van der Waals surface area contributed by atoms with Crippen molar-refractivity contribution in [1.29, 1.82) is 0 Å². The largest absolute Gasteiger partial charge is 0.495 e. The van der Waals surface area contributed by atoms with Gasteiger partial charge in [-0.3, -0.25) is 4.79 Å². The minimum Gasteiger partial charge on any atom is -0.495 e. The fourth-order valence-electron chi connectivity index (χ4n) is 2.54. The predicted octanol–water partition coefficient (Wildman–Crippen LogP) is 3.61. The highest BCUT2D eigenvalue weighted by Gasteiger charge is 2.27. The van der Waals surface area contributed by atoms with Crippen molar-refractivity contribution in [2.45, 2.75) is 31.0 Å². The van der Waals surface area contributed by atoms with Crippen LogP contribution in [0.5, 0.6) is 5.75 Å². The lowest BCUT2D eigenvalue weighted by Gasteiger charge is -2.16. The molecule has 2 aromatic carbocycles. The number of ether oxygens (including phenoxy) is 1. The number of alkyl halides is 3. The molecule has 1 amide bonds. The summed E-state index contributed by atoms with van der Waals surface area (Å²) in [6, 6.07) is 9.32. The number of hydrogen-bond donors (Lipinski definition) is 3. The summed E-state index contributed by atoms with van der Waals surface area (Å²) in [6.45, 7) is 2.02. The number of benzene rings is 2. The van der Waals surface area contributed by atoms with Crippen LogP contribution in [0, 0.1) is 0 Å². The Morgan fingerprint density at radius 3 is 2.30 bits per heavy atom. The fourth-order valence-corrected chi connectivity index (χ4v) is 3.98. The van der Waals surface area contributed by atoms with Gasteiger partial charge in [-0.15, -0.1) is 0 Å². The fraction of sp³-hybridized carbons (Fsp3) is 0.316. The van der Waals surface area contributed by atoms with Crippen molar-refractivity contribution in [3.63, 3.8) is 0 Å². The van der Waals surface area contributed by atoms with E-state index < -0.39 is 28.7 Å². The molecule has 0 bridgehead atoms. The van der Waals surface area contributed by atoms with Gasteiger partial charge < -0.3 is 15.4 Å². The third-order valence-electron chi connectivity index (χ3n) is 3.76. The second kappa shape index (κ2) is 9.35. The summed E-state index contributed by atoms with van der Waals surface area (Å²) in [4.78, 5) is 12.4. The van der Waals surface area contributed by atoms with E-state index in [2.05, 4.69) is 15.4 Å². The Morgan fingerprint density at radius 2 is 1.73 bits per heavy atom. The lowest BCUT2D eigenvalue weighted by Crippen LogP contribution is -2.30. The van der Waals surface area contributed by atoms with Crippen LogP contribution >= 0.6 is 0 Å². The molecule has 11 heteroatoms. The minimum absolute atomic E-state index is 0.00874. The predicted molar refractivity (Wildman–Crippen MR) is 107 cm³/mol. The van der Waals surface area contributed by atoms with E-state index in [-0.39, 0.29) is 33.6 Å². The number of hydrogen-bond acceptors (Lipinski definition) is 5. The summed E-state index contributed by atoms with van der Waals surface area (Å²) in [6.07, 6.45) is -4.43. The molecule has 0 unspecified atom stereocenters. The van der Waals surface area contributed by atoms with Crippen LogP contribution in [-0.4, -0.2) is 40.2 Å². The molecule has 0 aliphatic carbocycles.